The van der Waals surface area contributed by atoms with Gasteiger partial charge in [-0.2, -0.15) is 4.98 Å². The molecule has 9 heteroatoms. The second kappa shape index (κ2) is 9.99. The number of rotatable bonds is 8. The monoisotopic (exact) mass is 466 g/mol. The maximum atomic E-state index is 13.0. The lowest BCUT2D eigenvalue weighted by Crippen LogP contribution is -2.29. The minimum atomic E-state index is -0.529. The lowest BCUT2D eigenvalue weighted by atomic mass is 9.95. The van der Waals surface area contributed by atoms with E-state index < -0.39 is 12.0 Å². The Bertz CT molecular complexity index is 1180. The van der Waals surface area contributed by atoms with Crippen molar-refractivity contribution in [1.82, 2.24) is 14.8 Å². The van der Waals surface area contributed by atoms with Crippen LogP contribution in [0.3, 0.4) is 0 Å². The molecular formula is C24H26N4O4S. The first-order valence-corrected chi connectivity index (χ1v) is 11.5. The van der Waals surface area contributed by atoms with Crippen molar-refractivity contribution in [2.75, 3.05) is 26.1 Å². The fourth-order valence-corrected chi connectivity index (χ4v) is 4.50. The lowest BCUT2D eigenvalue weighted by Gasteiger charge is -2.28. The Morgan fingerprint density at radius 1 is 1.12 bits per heavy atom. The van der Waals surface area contributed by atoms with Gasteiger partial charge in [-0.3, -0.25) is 0 Å². The third kappa shape index (κ3) is 4.68. The summed E-state index contributed by atoms with van der Waals surface area (Å²) in [5, 5.41) is 8.57. The van der Waals surface area contributed by atoms with Gasteiger partial charge in [0.25, 0.3) is 0 Å². The molecular weight excluding hydrogens is 440 g/mol. The molecule has 2 heterocycles. The van der Waals surface area contributed by atoms with Crippen molar-refractivity contribution in [2.24, 2.45) is 0 Å². The van der Waals surface area contributed by atoms with E-state index in [4.69, 9.17) is 19.3 Å². The van der Waals surface area contributed by atoms with Gasteiger partial charge in [0.1, 0.15) is 6.04 Å². The average molecular weight is 467 g/mol. The molecule has 1 N–H and O–H groups in total. The maximum absolute atomic E-state index is 13.0. The molecule has 0 aliphatic carbocycles. The molecule has 33 heavy (non-hydrogen) atoms. The predicted octanol–water partition coefficient (Wildman–Crippen LogP) is 4.44. The number of anilines is 1. The Kier molecular flexibility index (Phi) is 6.88. The summed E-state index contributed by atoms with van der Waals surface area (Å²) in [6, 6.07) is 15.2. The van der Waals surface area contributed by atoms with Crippen LogP contribution in [0.15, 0.2) is 65.0 Å². The number of nitrogens with zero attached hydrogens (tertiary/aromatic N) is 3. The van der Waals surface area contributed by atoms with E-state index in [1.807, 2.05) is 43.3 Å². The highest BCUT2D eigenvalue weighted by atomic mass is 32.2. The molecule has 0 fully saturated rings. The Labute approximate surface area is 197 Å². The summed E-state index contributed by atoms with van der Waals surface area (Å²) in [5.41, 5.74) is 3.14. The van der Waals surface area contributed by atoms with Crippen LogP contribution in [0.2, 0.25) is 0 Å². The maximum Gasteiger partial charge on any atom is 0.338 e. The second-order valence-corrected chi connectivity index (χ2v) is 8.28. The van der Waals surface area contributed by atoms with Crippen LogP contribution in [-0.4, -0.2) is 41.6 Å². The summed E-state index contributed by atoms with van der Waals surface area (Å²) in [5.74, 6) is 2.07. The van der Waals surface area contributed by atoms with Crippen molar-refractivity contribution in [3.05, 3.63) is 70.9 Å². The van der Waals surface area contributed by atoms with Gasteiger partial charge in [-0.1, -0.05) is 48.2 Å². The normalized spacial score (nSPS) is 15.0. The zero-order valence-corrected chi connectivity index (χ0v) is 19.8. The van der Waals surface area contributed by atoms with E-state index in [9.17, 15) is 4.79 Å². The summed E-state index contributed by atoms with van der Waals surface area (Å²) in [4.78, 5) is 17.6. The van der Waals surface area contributed by atoms with Crippen molar-refractivity contribution >= 4 is 23.7 Å². The van der Waals surface area contributed by atoms with Crippen LogP contribution >= 0.6 is 11.8 Å². The van der Waals surface area contributed by atoms with E-state index in [-0.39, 0.29) is 6.61 Å². The molecule has 1 aliphatic heterocycles. The summed E-state index contributed by atoms with van der Waals surface area (Å²) in [6.45, 7) is 3.90. The van der Waals surface area contributed by atoms with E-state index in [0.29, 0.717) is 33.9 Å². The van der Waals surface area contributed by atoms with Gasteiger partial charge in [0.15, 0.2) is 11.5 Å². The predicted molar refractivity (Wildman–Crippen MR) is 127 cm³/mol. The number of allylic oxidation sites excluding steroid dienone is 1. The number of carbonyl (C=O) groups is 1. The number of carbonyl (C=O) groups excluding carboxylic acids is 1. The second-order valence-electron chi connectivity index (χ2n) is 7.34. The fraction of sp³-hybridized carbons (Fsp3) is 0.292. The molecule has 0 spiro atoms. The molecule has 2 aromatic carbocycles. The highest BCUT2D eigenvalue weighted by Crippen LogP contribution is 2.39. The van der Waals surface area contributed by atoms with E-state index in [2.05, 4.69) is 22.4 Å². The molecule has 0 radical (unpaired) electrons. The van der Waals surface area contributed by atoms with Crippen molar-refractivity contribution in [2.45, 2.75) is 30.8 Å². The minimum Gasteiger partial charge on any atom is -0.493 e. The highest BCUT2D eigenvalue weighted by molar-refractivity contribution is 7.98. The van der Waals surface area contributed by atoms with Crippen molar-refractivity contribution in [1.29, 1.82) is 0 Å². The van der Waals surface area contributed by atoms with Gasteiger partial charge in [0, 0.05) is 11.4 Å². The highest BCUT2D eigenvalue weighted by Gasteiger charge is 2.35. The zero-order valence-electron chi connectivity index (χ0n) is 19.0. The number of fused-ring (bicyclic) bond motifs is 1. The first-order chi connectivity index (χ1) is 16.0. The number of esters is 1. The quantitative estimate of drug-likeness (QED) is 0.385. The van der Waals surface area contributed by atoms with Crippen LogP contribution in [0.25, 0.3) is 0 Å². The van der Waals surface area contributed by atoms with E-state index in [0.717, 1.165) is 11.3 Å². The molecule has 8 nitrogen and oxygen atoms in total. The van der Waals surface area contributed by atoms with Gasteiger partial charge in [0.05, 0.1) is 26.4 Å². The molecule has 1 aliphatic rings. The van der Waals surface area contributed by atoms with Gasteiger partial charge < -0.3 is 19.5 Å². The molecule has 1 atom stereocenters. The molecule has 172 valence electrons. The van der Waals surface area contributed by atoms with Crippen LogP contribution in [0, 0.1) is 0 Å². The molecule has 0 unspecified atom stereocenters. The van der Waals surface area contributed by atoms with Gasteiger partial charge in [-0.15, -0.1) is 5.10 Å². The first kappa shape index (κ1) is 22.7. The zero-order chi connectivity index (χ0) is 23.4. The Morgan fingerprint density at radius 3 is 2.58 bits per heavy atom. The first-order valence-electron chi connectivity index (χ1n) is 10.6. The number of hydrogen-bond donors (Lipinski definition) is 1. The van der Waals surface area contributed by atoms with Crippen molar-refractivity contribution < 1.29 is 19.0 Å². The lowest BCUT2D eigenvalue weighted by molar-refractivity contribution is -0.139. The van der Waals surface area contributed by atoms with Gasteiger partial charge >= 0.3 is 5.97 Å². The summed E-state index contributed by atoms with van der Waals surface area (Å²) >= 11 is 1.54. The smallest absolute Gasteiger partial charge is 0.338 e. The number of nitrogens with one attached hydrogen (secondary N) is 1. The number of benzene rings is 2. The van der Waals surface area contributed by atoms with Crippen molar-refractivity contribution in [3.8, 4) is 11.5 Å². The number of hydrogen-bond acceptors (Lipinski definition) is 8. The van der Waals surface area contributed by atoms with Crippen LogP contribution in [-0.2, 0) is 15.3 Å². The van der Waals surface area contributed by atoms with E-state index in [1.165, 1.54) is 17.3 Å². The van der Waals surface area contributed by atoms with Crippen LogP contribution in [0.5, 0.6) is 11.5 Å². The van der Waals surface area contributed by atoms with Gasteiger partial charge in [-0.05, 0) is 37.1 Å². The molecule has 1 aromatic heterocycles. The summed E-state index contributed by atoms with van der Waals surface area (Å²) in [7, 11) is 3.17. The average Bonchev–Trinajstić information content (AvgIpc) is 3.24. The van der Waals surface area contributed by atoms with Gasteiger partial charge in [-0.25, -0.2) is 9.48 Å². The Balaban J connectivity index is 1.74. The summed E-state index contributed by atoms with van der Waals surface area (Å²) in [6.07, 6.45) is 0. The van der Waals surface area contributed by atoms with Crippen LogP contribution in [0.1, 0.15) is 31.0 Å². The summed E-state index contributed by atoms with van der Waals surface area (Å²) < 4.78 is 18.0. The number of methoxy groups -OCH3 is 2. The third-order valence-corrected chi connectivity index (χ3v) is 6.17. The molecule has 0 amide bonds. The molecule has 4 rings (SSSR count). The van der Waals surface area contributed by atoms with Crippen molar-refractivity contribution in [3.63, 3.8) is 0 Å². The Hall–Kier alpha value is -3.46. The van der Waals surface area contributed by atoms with Crippen LogP contribution < -0.4 is 14.8 Å². The fourth-order valence-electron chi connectivity index (χ4n) is 3.72. The standard InChI is InChI=1S/C24H26N4O4S/c1-5-32-22(29)20-15(2)25-23-26-24(33-14-16-9-7-6-8-10-16)27-28(23)21(20)17-11-12-18(30-3)19(13-17)31-4/h6-13,21H,5,14H2,1-4H3,(H,25,26,27)/t21-/m1/s1. The molecule has 3 aromatic rings. The SMILES string of the molecule is CCOC(=O)C1=C(C)Nc2nc(SCc3ccccc3)nn2[C@@H]1c1ccc(OC)c(OC)c1. The number of ether oxygens (including phenoxy) is 3. The number of thioether (sulfide) groups is 1. The Morgan fingerprint density at radius 2 is 1.88 bits per heavy atom. The molecule has 0 saturated heterocycles. The molecule has 0 bridgehead atoms. The minimum absolute atomic E-state index is 0.274. The third-order valence-electron chi connectivity index (χ3n) is 5.26. The van der Waals surface area contributed by atoms with E-state index in [1.54, 1.807) is 25.8 Å². The molecule has 0 saturated carbocycles. The topological polar surface area (TPSA) is 87.5 Å². The number of aromatic nitrogens is 3. The van der Waals surface area contributed by atoms with Gasteiger partial charge in [0.2, 0.25) is 11.1 Å². The largest absolute Gasteiger partial charge is 0.493 e. The van der Waals surface area contributed by atoms with E-state index >= 15 is 0 Å². The van der Waals surface area contributed by atoms with Crippen LogP contribution in [0.4, 0.5) is 5.95 Å².